The average molecular weight is 411 g/mol. The van der Waals surface area contributed by atoms with Gasteiger partial charge in [0.1, 0.15) is 0 Å². The zero-order valence-corrected chi connectivity index (χ0v) is 14.4. The summed E-state index contributed by atoms with van der Waals surface area (Å²) < 4.78 is 1.94. The molecular formula is C15H13Br2N3O. The maximum Gasteiger partial charge on any atom is 0.273 e. The molecular weight excluding hydrogens is 398 g/mol. The number of carbonyl (C=O) groups excluding carboxylic acids is 1. The van der Waals surface area contributed by atoms with Crippen LogP contribution >= 0.6 is 31.9 Å². The average Bonchev–Trinajstić information content (AvgIpc) is 2.45. The predicted octanol–water partition coefficient (Wildman–Crippen LogP) is 3.87. The lowest BCUT2D eigenvalue weighted by Crippen LogP contribution is -2.19. The number of hydrazone groups is 1. The van der Waals surface area contributed by atoms with Gasteiger partial charge in [0.2, 0.25) is 0 Å². The van der Waals surface area contributed by atoms with E-state index >= 15 is 0 Å². The van der Waals surface area contributed by atoms with Crippen LogP contribution in [0.3, 0.4) is 0 Å². The van der Waals surface area contributed by atoms with Crippen molar-refractivity contribution in [1.82, 2.24) is 5.43 Å². The summed E-state index contributed by atoms with van der Waals surface area (Å²) in [4.78, 5) is 11.9. The highest BCUT2D eigenvalue weighted by atomic mass is 79.9. The Morgan fingerprint density at radius 3 is 2.48 bits per heavy atom. The van der Waals surface area contributed by atoms with Crippen molar-refractivity contribution in [3.8, 4) is 0 Å². The summed E-state index contributed by atoms with van der Waals surface area (Å²) >= 11 is 6.94. The van der Waals surface area contributed by atoms with Gasteiger partial charge >= 0.3 is 0 Å². The van der Waals surface area contributed by atoms with Crippen molar-refractivity contribution < 1.29 is 4.79 Å². The number of nitrogens with zero attached hydrogens (tertiary/aromatic N) is 1. The van der Waals surface area contributed by atoms with E-state index in [2.05, 4.69) is 42.4 Å². The second kappa shape index (κ2) is 6.87. The van der Waals surface area contributed by atoms with Gasteiger partial charge in [-0.1, -0.05) is 44.0 Å². The topological polar surface area (TPSA) is 67.5 Å². The highest BCUT2D eigenvalue weighted by Gasteiger charge is 2.07. The summed E-state index contributed by atoms with van der Waals surface area (Å²) in [5, 5.41) is 3.95. The lowest BCUT2D eigenvalue weighted by atomic mass is 10.2. The molecule has 0 heterocycles. The van der Waals surface area contributed by atoms with Crippen molar-refractivity contribution in [2.45, 2.75) is 6.92 Å². The van der Waals surface area contributed by atoms with Crippen molar-refractivity contribution in [2.75, 3.05) is 5.73 Å². The van der Waals surface area contributed by atoms with Crippen LogP contribution in [0.1, 0.15) is 21.5 Å². The molecule has 0 aliphatic carbocycles. The second-order valence-electron chi connectivity index (χ2n) is 4.40. The second-order valence-corrected chi connectivity index (χ2v) is 6.10. The molecule has 4 nitrogen and oxygen atoms in total. The Labute approximate surface area is 139 Å². The van der Waals surface area contributed by atoms with E-state index in [1.165, 1.54) is 0 Å². The number of rotatable bonds is 3. The molecule has 0 aliphatic rings. The highest BCUT2D eigenvalue weighted by molar-refractivity contribution is 9.11. The summed E-state index contributed by atoms with van der Waals surface area (Å²) in [6.45, 7) is 2.00. The van der Waals surface area contributed by atoms with Crippen LogP contribution in [0.2, 0.25) is 0 Å². The van der Waals surface area contributed by atoms with E-state index in [0.29, 0.717) is 11.3 Å². The maximum absolute atomic E-state index is 11.9. The summed E-state index contributed by atoms with van der Waals surface area (Å²) in [7, 11) is 0. The number of anilines is 1. The minimum absolute atomic E-state index is 0.338. The van der Waals surface area contributed by atoms with E-state index in [9.17, 15) is 4.79 Å². The van der Waals surface area contributed by atoms with Gasteiger partial charge in [-0.2, -0.15) is 5.10 Å². The summed E-state index contributed by atoms with van der Waals surface area (Å²) in [6.07, 6.45) is 1.58. The van der Waals surface area contributed by atoms with Gasteiger partial charge in [0.15, 0.2) is 0 Å². The number of halogens is 2. The molecule has 1 amide bonds. The van der Waals surface area contributed by atoms with E-state index in [-0.39, 0.29) is 5.91 Å². The normalized spacial score (nSPS) is 10.8. The molecule has 3 N–H and O–H groups in total. The van der Waals surface area contributed by atoms with Crippen LogP contribution in [0.4, 0.5) is 5.69 Å². The van der Waals surface area contributed by atoms with Gasteiger partial charge in [0.05, 0.1) is 11.8 Å². The zero-order chi connectivity index (χ0) is 15.4. The third-order valence-electron chi connectivity index (χ3n) is 2.89. The molecule has 0 radical (unpaired) electrons. The zero-order valence-electron chi connectivity index (χ0n) is 11.2. The van der Waals surface area contributed by atoms with Crippen molar-refractivity contribution in [3.05, 3.63) is 62.0 Å². The molecule has 2 aromatic carbocycles. The van der Waals surface area contributed by atoms with Crippen LogP contribution in [0.5, 0.6) is 0 Å². The number of nitrogens with one attached hydrogen (secondary N) is 1. The number of nitrogen functional groups attached to an aromatic ring is 1. The third-order valence-corrected chi connectivity index (χ3v) is 4.54. The summed E-state index contributed by atoms with van der Waals surface area (Å²) in [5.74, 6) is -0.338. The predicted molar refractivity (Wildman–Crippen MR) is 92.5 cm³/mol. The van der Waals surface area contributed by atoms with Crippen LogP contribution in [-0.2, 0) is 0 Å². The van der Waals surface area contributed by atoms with Gasteiger partial charge in [0, 0.05) is 14.6 Å². The van der Waals surface area contributed by atoms with Gasteiger partial charge in [-0.15, -0.1) is 0 Å². The Morgan fingerprint density at radius 2 is 1.86 bits per heavy atom. The molecule has 0 bridgehead atoms. The first-order valence-electron chi connectivity index (χ1n) is 6.12. The number of benzene rings is 2. The SMILES string of the molecule is Cc1c(Br)cc(/C=N\NC(=O)c2ccccc2N)cc1Br. The lowest BCUT2D eigenvalue weighted by Gasteiger charge is -2.04. The van der Waals surface area contributed by atoms with Gasteiger partial charge in [-0.3, -0.25) is 4.79 Å². The van der Waals surface area contributed by atoms with Crippen LogP contribution in [0.15, 0.2) is 50.4 Å². The molecule has 2 aromatic rings. The molecule has 6 heteroatoms. The molecule has 0 spiro atoms. The minimum Gasteiger partial charge on any atom is -0.398 e. The fourth-order valence-electron chi connectivity index (χ4n) is 1.67. The molecule has 0 unspecified atom stereocenters. The Bertz CT molecular complexity index is 691. The molecule has 0 fully saturated rings. The number of nitrogens with two attached hydrogens (primary N) is 1. The minimum atomic E-state index is -0.338. The smallest absolute Gasteiger partial charge is 0.273 e. The van der Waals surface area contributed by atoms with Gasteiger partial charge in [0.25, 0.3) is 5.91 Å². The Kier molecular flexibility index (Phi) is 5.14. The fraction of sp³-hybridized carbons (Fsp3) is 0.0667. The Balaban J connectivity index is 2.10. The van der Waals surface area contributed by atoms with Crippen LogP contribution in [0, 0.1) is 6.92 Å². The van der Waals surface area contributed by atoms with Gasteiger partial charge in [-0.25, -0.2) is 5.43 Å². The molecule has 0 atom stereocenters. The number of carbonyl (C=O) groups is 1. The van der Waals surface area contributed by atoms with E-state index < -0.39 is 0 Å². The van der Waals surface area contributed by atoms with Crippen LogP contribution in [-0.4, -0.2) is 12.1 Å². The van der Waals surface area contributed by atoms with Crippen molar-refractivity contribution in [1.29, 1.82) is 0 Å². The van der Waals surface area contributed by atoms with Gasteiger partial charge in [-0.05, 0) is 42.3 Å². The molecule has 0 aromatic heterocycles. The van der Waals surface area contributed by atoms with Crippen LogP contribution < -0.4 is 11.2 Å². The molecule has 0 saturated heterocycles. The molecule has 0 aliphatic heterocycles. The van der Waals surface area contributed by atoms with Gasteiger partial charge < -0.3 is 5.73 Å². The van der Waals surface area contributed by atoms with E-state index in [4.69, 9.17) is 5.73 Å². The molecule has 21 heavy (non-hydrogen) atoms. The largest absolute Gasteiger partial charge is 0.398 e. The molecule has 0 saturated carbocycles. The maximum atomic E-state index is 11.9. The fourth-order valence-corrected chi connectivity index (χ4v) is 2.89. The molecule has 108 valence electrons. The van der Waals surface area contributed by atoms with Crippen molar-refractivity contribution in [3.63, 3.8) is 0 Å². The summed E-state index contributed by atoms with van der Waals surface area (Å²) in [5.41, 5.74) is 11.0. The first kappa shape index (κ1) is 15.7. The standard InChI is InChI=1S/C15H13Br2N3O/c1-9-12(16)6-10(7-13(9)17)8-19-20-15(21)11-4-2-3-5-14(11)18/h2-8H,18H2,1H3,(H,20,21)/b19-8-. The number of hydrogen-bond donors (Lipinski definition) is 2. The quantitative estimate of drug-likeness (QED) is 0.458. The van der Waals surface area contributed by atoms with E-state index in [1.54, 1.807) is 30.5 Å². The Hall–Kier alpha value is -1.66. The Morgan fingerprint density at radius 1 is 1.24 bits per heavy atom. The number of hydrogen-bond acceptors (Lipinski definition) is 3. The number of amides is 1. The van der Waals surface area contributed by atoms with Crippen molar-refractivity contribution >= 4 is 49.7 Å². The van der Waals surface area contributed by atoms with Crippen molar-refractivity contribution in [2.24, 2.45) is 5.10 Å². The lowest BCUT2D eigenvalue weighted by molar-refractivity contribution is 0.0956. The van der Waals surface area contributed by atoms with Crippen LogP contribution in [0.25, 0.3) is 0 Å². The summed E-state index contributed by atoms with van der Waals surface area (Å²) in [6, 6.07) is 10.7. The monoisotopic (exact) mass is 409 g/mol. The van der Waals surface area contributed by atoms with E-state index in [1.807, 2.05) is 19.1 Å². The highest BCUT2D eigenvalue weighted by Crippen LogP contribution is 2.25. The molecule has 2 rings (SSSR count). The first-order valence-corrected chi connectivity index (χ1v) is 7.71. The number of para-hydroxylation sites is 1. The van der Waals surface area contributed by atoms with E-state index in [0.717, 1.165) is 20.1 Å². The third kappa shape index (κ3) is 3.92. The first-order chi connectivity index (χ1) is 9.99.